The third kappa shape index (κ3) is 3.86. The Morgan fingerprint density at radius 3 is 2.95 bits per heavy atom. The van der Waals surface area contributed by atoms with E-state index in [2.05, 4.69) is 27.7 Å². The van der Waals surface area contributed by atoms with Crippen molar-refractivity contribution in [3.05, 3.63) is 33.5 Å². The maximum absolute atomic E-state index is 5.01. The third-order valence-electron chi connectivity index (χ3n) is 2.98. The predicted octanol–water partition coefficient (Wildman–Crippen LogP) is 1.74. The Kier molecular flexibility index (Phi) is 5.07. The van der Waals surface area contributed by atoms with Gasteiger partial charge in [0.2, 0.25) is 0 Å². The van der Waals surface area contributed by atoms with E-state index in [-0.39, 0.29) is 0 Å². The summed E-state index contributed by atoms with van der Waals surface area (Å²) >= 11 is 1.68. The fourth-order valence-corrected chi connectivity index (χ4v) is 2.45. The van der Waals surface area contributed by atoms with Gasteiger partial charge < -0.3 is 10.1 Å². The highest BCUT2D eigenvalue weighted by atomic mass is 32.1. The summed E-state index contributed by atoms with van der Waals surface area (Å²) in [5, 5.41) is 11.0. The number of methoxy groups -OCH3 is 1. The highest BCUT2D eigenvalue weighted by Gasteiger charge is 2.07. The molecule has 19 heavy (non-hydrogen) atoms. The zero-order chi connectivity index (χ0) is 13.7. The number of aromatic nitrogens is 3. The van der Waals surface area contributed by atoms with E-state index < -0.39 is 0 Å². The van der Waals surface area contributed by atoms with Gasteiger partial charge in [-0.25, -0.2) is 4.98 Å². The van der Waals surface area contributed by atoms with E-state index in [0.29, 0.717) is 0 Å². The molecule has 0 saturated heterocycles. The van der Waals surface area contributed by atoms with Crippen LogP contribution >= 0.6 is 11.3 Å². The smallest absolute Gasteiger partial charge is 0.0898 e. The zero-order valence-corrected chi connectivity index (χ0v) is 12.5. The second-order valence-corrected chi connectivity index (χ2v) is 5.50. The minimum Gasteiger partial charge on any atom is -0.383 e. The standard InChI is InChI=1S/C13H20N4OS/c1-10-12(6-14-4-5-18-3)7-15-17(10)8-13-9-19-11(2)16-13/h7,9,14H,4-6,8H2,1-3H3. The van der Waals surface area contributed by atoms with Gasteiger partial charge >= 0.3 is 0 Å². The lowest BCUT2D eigenvalue weighted by Gasteiger charge is -2.05. The Labute approximate surface area is 117 Å². The Morgan fingerprint density at radius 2 is 2.26 bits per heavy atom. The first kappa shape index (κ1) is 14.2. The van der Waals surface area contributed by atoms with Crippen molar-refractivity contribution in [2.75, 3.05) is 20.3 Å². The third-order valence-corrected chi connectivity index (χ3v) is 3.80. The van der Waals surface area contributed by atoms with Crippen LogP contribution in [-0.4, -0.2) is 35.0 Å². The lowest BCUT2D eigenvalue weighted by Crippen LogP contribution is -2.19. The highest BCUT2D eigenvalue weighted by molar-refractivity contribution is 7.09. The number of rotatable bonds is 7. The summed E-state index contributed by atoms with van der Waals surface area (Å²) in [6.07, 6.45) is 1.92. The number of hydrogen-bond donors (Lipinski definition) is 1. The maximum Gasteiger partial charge on any atom is 0.0898 e. The number of hydrogen-bond acceptors (Lipinski definition) is 5. The van der Waals surface area contributed by atoms with Crippen LogP contribution in [0.2, 0.25) is 0 Å². The molecule has 0 aliphatic carbocycles. The van der Waals surface area contributed by atoms with Crippen LogP contribution in [-0.2, 0) is 17.8 Å². The molecule has 2 aromatic heterocycles. The SMILES string of the molecule is COCCNCc1cnn(Cc2csc(C)n2)c1C. The average molecular weight is 280 g/mol. The molecule has 0 aliphatic heterocycles. The lowest BCUT2D eigenvalue weighted by molar-refractivity contribution is 0.199. The monoisotopic (exact) mass is 280 g/mol. The van der Waals surface area contributed by atoms with Crippen molar-refractivity contribution < 1.29 is 4.74 Å². The normalized spacial score (nSPS) is 11.1. The fourth-order valence-electron chi connectivity index (χ4n) is 1.85. The molecule has 6 heteroatoms. The van der Waals surface area contributed by atoms with Crippen molar-refractivity contribution in [1.82, 2.24) is 20.1 Å². The van der Waals surface area contributed by atoms with Crippen molar-refractivity contribution in [1.29, 1.82) is 0 Å². The van der Waals surface area contributed by atoms with E-state index in [1.54, 1.807) is 18.4 Å². The van der Waals surface area contributed by atoms with E-state index in [0.717, 1.165) is 36.9 Å². The molecule has 0 aliphatic rings. The molecule has 0 saturated carbocycles. The van der Waals surface area contributed by atoms with E-state index in [1.165, 1.54) is 11.3 Å². The molecule has 5 nitrogen and oxygen atoms in total. The van der Waals surface area contributed by atoms with Crippen LogP contribution < -0.4 is 5.32 Å². The first-order valence-electron chi connectivity index (χ1n) is 6.32. The molecular weight excluding hydrogens is 260 g/mol. The Morgan fingerprint density at radius 1 is 1.42 bits per heavy atom. The van der Waals surface area contributed by atoms with Crippen LogP contribution in [0.25, 0.3) is 0 Å². The number of nitrogens with zero attached hydrogens (tertiary/aromatic N) is 3. The largest absolute Gasteiger partial charge is 0.383 e. The van der Waals surface area contributed by atoms with Gasteiger partial charge in [0.15, 0.2) is 0 Å². The van der Waals surface area contributed by atoms with Crippen LogP contribution in [0.1, 0.15) is 22.0 Å². The molecule has 0 spiro atoms. The van der Waals surface area contributed by atoms with Gasteiger partial charge in [-0.1, -0.05) is 0 Å². The van der Waals surface area contributed by atoms with Gasteiger partial charge in [0.1, 0.15) is 0 Å². The number of aryl methyl sites for hydroxylation is 1. The van der Waals surface area contributed by atoms with Gasteiger partial charge in [-0.3, -0.25) is 4.68 Å². The topological polar surface area (TPSA) is 52.0 Å². The van der Waals surface area contributed by atoms with Crippen molar-refractivity contribution in [3.63, 3.8) is 0 Å². The summed E-state index contributed by atoms with van der Waals surface area (Å²) in [5.74, 6) is 0. The van der Waals surface area contributed by atoms with Gasteiger partial charge in [0.25, 0.3) is 0 Å². The van der Waals surface area contributed by atoms with E-state index >= 15 is 0 Å². The fraction of sp³-hybridized carbons (Fsp3) is 0.538. The van der Waals surface area contributed by atoms with E-state index in [4.69, 9.17) is 4.74 Å². The molecule has 2 heterocycles. The minimum absolute atomic E-state index is 0.727. The Hall–Kier alpha value is -1.24. The molecule has 1 N–H and O–H groups in total. The summed E-state index contributed by atoms with van der Waals surface area (Å²) in [6, 6.07) is 0. The number of nitrogens with one attached hydrogen (secondary N) is 1. The highest BCUT2D eigenvalue weighted by Crippen LogP contribution is 2.12. The van der Waals surface area contributed by atoms with Gasteiger partial charge in [-0.15, -0.1) is 11.3 Å². The molecule has 2 aromatic rings. The molecule has 0 aromatic carbocycles. The van der Waals surface area contributed by atoms with Gasteiger partial charge in [-0.05, 0) is 13.8 Å². The molecule has 0 unspecified atom stereocenters. The molecule has 0 atom stereocenters. The average Bonchev–Trinajstić information content (AvgIpc) is 2.95. The predicted molar refractivity (Wildman–Crippen MR) is 76.5 cm³/mol. The van der Waals surface area contributed by atoms with Crippen molar-refractivity contribution >= 4 is 11.3 Å². The molecule has 2 rings (SSSR count). The van der Waals surface area contributed by atoms with Gasteiger partial charge in [0, 0.05) is 36.8 Å². The summed E-state index contributed by atoms with van der Waals surface area (Å²) < 4.78 is 7.01. The zero-order valence-electron chi connectivity index (χ0n) is 11.6. The van der Waals surface area contributed by atoms with Crippen molar-refractivity contribution in [2.45, 2.75) is 26.9 Å². The lowest BCUT2D eigenvalue weighted by atomic mass is 10.2. The molecule has 0 amide bonds. The molecule has 0 radical (unpaired) electrons. The summed E-state index contributed by atoms with van der Waals surface area (Å²) in [5.41, 5.74) is 3.49. The maximum atomic E-state index is 5.01. The Bertz CT molecular complexity index is 520. The summed E-state index contributed by atoms with van der Waals surface area (Å²) in [6.45, 7) is 7.27. The van der Waals surface area contributed by atoms with E-state index in [9.17, 15) is 0 Å². The van der Waals surface area contributed by atoms with Gasteiger partial charge in [0.05, 0.1) is 30.1 Å². The molecule has 0 fully saturated rings. The first-order chi connectivity index (χ1) is 9.20. The minimum atomic E-state index is 0.727. The van der Waals surface area contributed by atoms with Crippen LogP contribution in [0.5, 0.6) is 0 Å². The Balaban J connectivity index is 1.94. The summed E-state index contributed by atoms with van der Waals surface area (Å²) in [4.78, 5) is 4.47. The molecule has 104 valence electrons. The van der Waals surface area contributed by atoms with Crippen molar-refractivity contribution in [2.24, 2.45) is 0 Å². The van der Waals surface area contributed by atoms with Crippen LogP contribution in [0.15, 0.2) is 11.6 Å². The summed E-state index contributed by atoms with van der Waals surface area (Å²) in [7, 11) is 1.71. The second-order valence-electron chi connectivity index (χ2n) is 4.44. The number of ether oxygens (including phenoxy) is 1. The van der Waals surface area contributed by atoms with Crippen LogP contribution in [0, 0.1) is 13.8 Å². The number of thiazole rings is 1. The molecule has 0 bridgehead atoms. The second kappa shape index (κ2) is 6.79. The van der Waals surface area contributed by atoms with Crippen LogP contribution in [0.4, 0.5) is 0 Å². The van der Waals surface area contributed by atoms with Gasteiger partial charge in [-0.2, -0.15) is 5.10 Å². The molecular formula is C13H20N4OS. The van der Waals surface area contributed by atoms with Crippen LogP contribution in [0.3, 0.4) is 0 Å². The van der Waals surface area contributed by atoms with E-state index in [1.807, 2.05) is 17.8 Å². The first-order valence-corrected chi connectivity index (χ1v) is 7.20. The van der Waals surface area contributed by atoms with Crippen molar-refractivity contribution in [3.8, 4) is 0 Å². The quantitative estimate of drug-likeness (QED) is 0.785.